The molecule has 1 atom stereocenters. The van der Waals surface area contributed by atoms with Crippen LogP contribution >= 0.6 is 0 Å². The minimum Gasteiger partial charge on any atom is -0.372 e. The first-order chi connectivity index (χ1) is 19.3. The highest BCUT2D eigenvalue weighted by molar-refractivity contribution is 6.12. The molecular formula is C36H52N4. The third kappa shape index (κ3) is 12.6. The second-order valence-corrected chi connectivity index (χ2v) is 10.1. The van der Waals surface area contributed by atoms with Crippen molar-refractivity contribution in [3.05, 3.63) is 101 Å². The van der Waals surface area contributed by atoms with Crippen molar-refractivity contribution in [2.45, 2.75) is 87.1 Å². The van der Waals surface area contributed by atoms with E-state index in [4.69, 9.17) is 10.3 Å². The molecule has 0 aromatic heterocycles. The smallest absolute Gasteiger partial charge is 0.0991 e. The van der Waals surface area contributed by atoms with Gasteiger partial charge in [-0.3, -0.25) is 4.99 Å². The molecular weight excluding hydrogens is 488 g/mol. The van der Waals surface area contributed by atoms with Gasteiger partial charge in [-0.1, -0.05) is 87.4 Å². The van der Waals surface area contributed by atoms with Gasteiger partial charge in [0.2, 0.25) is 0 Å². The molecule has 1 aromatic rings. The Morgan fingerprint density at radius 1 is 1.10 bits per heavy atom. The predicted molar refractivity (Wildman–Crippen MR) is 176 cm³/mol. The topological polar surface area (TPSA) is 51.4 Å². The molecule has 1 aliphatic heterocycles. The molecule has 0 saturated carbocycles. The molecule has 1 aromatic carbocycles. The number of piperazine rings is 1. The largest absolute Gasteiger partial charge is 0.372 e. The first kappa shape index (κ1) is 34.6. The van der Waals surface area contributed by atoms with Gasteiger partial charge in [-0.25, -0.2) is 0 Å². The van der Waals surface area contributed by atoms with Crippen molar-refractivity contribution in [1.29, 1.82) is 5.26 Å². The molecule has 0 radical (unpaired) electrons. The van der Waals surface area contributed by atoms with E-state index >= 15 is 0 Å². The number of aliphatic imine (C=N–C) groups is 1. The quantitative estimate of drug-likeness (QED) is 0.173. The summed E-state index contributed by atoms with van der Waals surface area (Å²) in [5.74, 6) is 0. The number of allylic oxidation sites excluding steroid dienone is 11. The lowest BCUT2D eigenvalue weighted by molar-refractivity contribution is 0.256. The normalized spacial score (nSPS) is 18.0. The minimum atomic E-state index is 0.503. The van der Waals surface area contributed by atoms with Crippen molar-refractivity contribution in [1.82, 2.24) is 10.2 Å². The van der Waals surface area contributed by atoms with E-state index in [-0.39, 0.29) is 0 Å². The Balaban J connectivity index is 0.000000486. The molecule has 0 spiro atoms. The van der Waals surface area contributed by atoms with Crippen LogP contribution < -0.4 is 5.32 Å². The lowest BCUT2D eigenvalue weighted by Gasteiger charge is -2.36. The minimum absolute atomic E-state index is 0.503. The number of nitrogens with zero attached hydrogens (tertiary/aromatic N) is 3. The van der Waals surface area contributed by atoms with Crippen LogP contribution in [0.1, 0.15) is 86.6 Å². The molecule has 4 nitrogen and oxygen atoms in total. The van der Waals surface area contributed by atoms with Gasteiger partial charge in [0, 0.05) is 48.9 Å². The fourth-order valence-electron chi connectivity index (χ4n) is 4.61. The lowest BCUT2D eigenvalue weighted by atomic mass is 9.92. The average molecular weight is 541 g/mol. The Bertz CT molecular complexity index is 1140. The van der Waals surface area contributed by atoms with E-state index in [1.54, 1.807) is 0 Å². The molecule has 0 bridgehead atoms. The summed E-state index contributed by atoms with van der Waals surface area (Å²) >= 11 is 0. The van der Waals surface area contributed by atoms with Crippen LogP contribution in [0.2, 0.25) is 0 Å². The van der Waals surface area contributed by atoms with Crippen LogP contribution in [-0.2, 0) is 0 Å². The molecule has 1 heterocycles. The maximum Gasteiger partial charge on any atom is 0.0991 e. The lowest BCUT2D eigenvalue weighted by Crippen LogP contribution is -2.48. The van der Waals surface area contributed by atoms with Gasteiger partial charge in [0.15, 0.2) is 0 Å². The summed E-state index contributed by atoms with van der Waals surface area (Å²) in [5.41, 5.74) is 8.11. The standard InChI is InChI=1S/C23H33N3.C13H19N/c1-6-8-14-25-19(4)23(20(5)26-16-15-24-18(3)17-26)22(7-2)21-12-10-9-11-13-21;1-4-6-7-9-13(11-14)10-12(3)8-5-2/h7-14,18,24H,6,15-17H2,1-5H3;6-7,9-10H,4-5,8H2,1-3H3/b14-8+,22-7-,23-20-,25-19+;7-6+,12-10+,13-9+. The van der Waals surface area contributed by atoms with Gasteiger partial charge in [0.1, 0.15) is 0 Å². The summed E-state index contributed by atoms with van der Waals surface area (Å²) < 4.78 is 0. The van der Waals surface area contributed by atoms with Gasteiger partial charge < -0.3 is 10.2 Å². The van der Waals surface area contributed by atoms with Crippen LogP contribution in [-0.4, -0.2) is 36.3 Å². The van der Waals surface area contributed by atoms with E-state index in [2.05, 4.69) is 114 Å². The van der Waals surface area contributed by atoms with Gasteiger partial charge >= 0.3 is 0 Å². The zero-order valence-corrected chi connectivity index (χ0v) is 26.3. The maximum absolute atomic E-state index is 8.85. The molecule has 1 aliphatic rings. The molecule has 0 amide bonds. The SMILES string of the molecule is CC/C=C/C=C(C#N)\C=C(/C)CCC.C\C=C(C(/C(C)=N/C=C/CC)=C(/C)N1CCNC(C)C1)\c1ccccc1. The predicted octanol–water partition coefficient (Wildman–Crippen LogP) is 9.19. The van der Waals surface area contributed by atoms with E-state index < -0.39 is 0 Å². The van der Waals surface area contributed by atoms with Crippen LogP contribution in [0.3, 0.4) is 0 Å². The van der Waals surface area contributed by atoms with Gasteiger partial charge in [0.25, 0.3) is 0 Å². The Labute approximate surface area is 245 Å². The number of rotatable bonds is 11. The Morgan fingerprint density at radius 2 is 1.80 bits per heavy atom. The molecule has 40 heavy (non-hydrogen) atoms. The zero-order chi connectivity index (χ0) is 29.8. The fraction of sp³-hybridized carbons (Fsp3) is 0.444. The number of hydrogen-bond acceptors (Lipinski definition) is 4. The van der Waals surface area contributed by atoms with Gasteiger partial charge in [-0.2, -0.15) is 5.26 Å². The Morgan fingerprint density at radius 3 is 2.38 bits per heavy atom. The van der Waals surface area contributed by atoms with Gasteiger partial charge in [-0.05, 0) is 77.2 Å². The maximum atomic E-state index is 8.85. The van der Waals surface area contributed by atoms with E-state index in [1.807, 2.05) is 30.5 Å². The highest BCUT2D eigenvalue weighted by Gasteiger charge is 2.21. The fourth-order valence-corrected chi connectivity index (χ4v) is 4.61. The first-order valence-corrected chi connectivity index (χ1v) is 14.9. The van der Waals surface area contributed by atoms with Crippen molar-refractivity contribution in [2.24, 2.45) is 4.99 Å². The van der Waals surface area contributed by atoms with Gasteiger partial charge in [-0.15, -0.1) is 0 Å². The summed E-state index contributed by atoms with van der Waals surface area (Å²) in [5, 5.41) is 12.4. The van der Waals surface area contributed by atoms with Crippen LogP contribution in [0.4, 0.5) is 0 Å². The number of hydrogen-bond donors (Lipinski definition) is 1. The van der Waals surface area contributed by atoms with Crippen LogP contribution in [0, 0.1) is 11.3 Å². The summed E-state index contributed by atoms with van der Waals surface area (Å²) in [4.78, 5) is 7.23. The third-order valence-corrected chi connectivity index (χ3v) is 6.64. The van der Waals surface area contributed by atoms with E-state index in [1.165, 1.54) is 28.0 Å². The molecule has 4 heteroatoms. The van der Waals surface area contributed by atoms with Crippen LogP contribution in [0.25, 0.3) is 5.57 Å². The Kier molecular flexibility index (Phi) is 17.7. The molecule has 1 unspecified atom stereocenters. The summed E-state index contributed by atoms with van der Waals surface area (Å²) in [6, 6.07) is 13.3. The van der Waals surface area contributed by atoms with Crippen molar-refractivity contribution in [2.75, 3.05) is 19.6 Å². The number of nitriles is 1. The third-order valence-electron chi connectivity index (χ3n) is 6.64. The second-order valence-electron chi connectivity index (χ2n) is 10.1. The van der Waals surface area contributed by atoms with E-state index in [9.17, 15) is 0 Å². The van der Waals surface area contributed by atoms with Crippen molar-refractivity contribution < 1.29 is 0 Å². The molecule has 1 saturated heterocycles. The van der Waals surface area contributed by atoms with Crippen LogP contribution in [0.5, 0.6) is 0 Å². The summed E-state index contributed by atoms with van der Waals surface area (Å²) in [6.07, 6.45) is 18.3. The van der Waals surface area contributed by atoms with Gasteiger partial charge in [0.05, 0.1) is 11.6 Å². The summed E-state index contributed by atoms with van der Waals surface area (Å²) in [6.45, 7) is 20.2. The molecule has 0 aliphatic carbocycles. The van der Waals surface area contributed by atoms with Crippen molar-refractivity contribution in [3.8, 4) is 6.07 Å². The zero-order valence-electron chi connectivity index (χ0n) is 26.3. The molecule has 216 valence electrons. The molecule has 1 N–H and O–H groups in total. The van der Waals surface area contributed by atoms with E-state index in [0.717, 1.165) is 56.6 Å². The summed E-state index contributed by atoms with van der Waals surface area (Å²) in [7, 11) is 0. The number of benzene rings is 1. The number of nitrogens with one attached hydrogen (secondary N) is 1. The highest BCUT2D eigenvalue weighted by Crippen LogP contribution is 2.29. The van der Waals surface area contributed by atoms with E-state index in [0.29, 0.717) is 6.04 Å². The second kappa shape index (κ2) is 20.5. The average Bonchev–Trinajstić information content (AvgIpc) is 2.96. The highest BCUT2D eigenvalue weighted by atomic mass is 15.2. The first-order valence-electron chi connectivity index (χ1n) is 14.9. The monoisotopic (exact) mass is 540 g/mol. The molecule has 1 fully saturated rings. The van der Waals surface area contributed by atoms with Crippen molar-refractivity contribution in [3.63, 3.8) is 0 Å². The Hall–Kier alpha value is -3.42. The molecule has 2 rings (SSSR count). The van der Waals surface area contributed by atoms with Crippen molar-refractivity contribution >= 4 is 11.3 Å². The van der Waals surface area contributed by atoms with Crippen LogP contribution in [0.15, 0.2) is 100 Å².